The Hall–Kier alpha value is -1.88. The molecule has 19 heavy (non-hydrogen) atoms. The molecule has 100 valence electrons. The Bertz CT molecular complexity index is 592. The van der Waals surface area contributed by atoms with E-state index in [1.807, 2.05) is 40.9 Å². The van der Waals surface area contributed by atoms with Gasteiger partial charge in [-0.15, -0.1) is 0 Å². The molecule has 3 rings (SSSR count). The summed E-state index contributed by atoms with van der Waals surface area (Å²) in [6.07, 6.45) is 7.65. The monoisotopic (exact) mass is 258 g/mol. The number of likely N-dealkylation sites (N-methyl/N-ethyl adjacent to an activating group) is 1. The Morgan fingerprint density at radius 3 is 3.21 bits per heavy atom. The molecule has 2 aromatic heterocycles. The first-order valence-electron chi connectivity index (χ1n) is 6.67. The first-order chi connectivity index (χ1) is 9.28. The third-order valence-corrected chi connectivity index (χ3v) is 3.75. The normalized spacial score (nSPS) is 19.8. The van der Waals surface area contributed by atoms with E-state index in [9.17, 15) is 4.79 Å². The molecule has 0 bridgehead atoms. The lowest BCUT2D eigenvalue weighted by molar-refractivity contribution is 0.0697. The number of nitrogens with zero attached hydrogens (tertiary/aromatic N) is 3. The lowest BCUT2D eigenvalue weighted by Crippen LogP contribution is -2.47. The molecule has 1 aliphatic rings. The van der Waals surface area contributed by atoms with Crippen molar-refractivity contribution in [3.8, 4) is 0 Å². The van der Waals surface area contributed by atoms with Crippen LogP contribution in [0.15, 0.2) is 30.7 Å². The first kappa shape index (κ1) is 12.2. The van der Waals surface area contributed by atoms with E-state index in [4.69, 9.17) is 0 Å². The number of fused-ring (bicyclic) bond motifs is 1. The number of rotatable bonds is 2. The van der Waals surface area contributed by atoms with Crippen LogP contribution in [0.5, 0.6) is 0 Å². The standard InChI is InChI=1S/C14H18N4O/c1-15-12-3-2-7-18(10-12)14(19)11-4-5-13-16-6-8-17(13)9-11/h4-6,8-9,12,15H,2-3,7,10H2,1H3. The number of imidazole rings is 1. The minimum Gasteiger partial charge on any atom is -0.337 e. The van der Waals surface area contributed by atoms with Crippen LogP contribution in [-0.2, 0) is 0 Å². The molecule has 0 spiro atoms. The van der Waals surface area contributed by atoms with Crippen molar-refractivity contribution >= 4 is 11.6 Å². The minimum atomic E-state index is 0.107. The van der Waals surface area contributed by atoms with Gasteiger partial charge in [0.25, 0.3) is 5.91 Å². The maximum Gasteiger partial charge on any atom is 0.255 e. The maximum atomic E-state index is 12.5. The average Bonchev–Trinajstić information content (AvgIpc) is 2.94. The van der Waals surface area contributed by atoms with E-state index in [0.717, 1.165) is 37.1 Å². The van der Waals surface area contributed by atoms with Gasteiger partial charge in [0, 0.05) is 37.7 Å². The molecule has 1 N–H and O–H groups in total. The molecule has 0 radical (unpaired) electrons. The highest BCUT2D eigenvalue weighted by molar-refractivity contribution is 5.94. The zero-order valence-corrected chi connectivity index (χ0v) is 11.0. The van der Waals surface area contributed by atoms with Crippen molar-refractivity contribution in [3.63, 3.8) is 0 Å². The Labute approximate surface area is 112 Å². The number of hydrogen-bond acceptors (Lipinski definition) is 3. The van der Waals surface area contributed by atoms with Crippen LogP contribution in [0.3, 0.4) is 0 Å². The number of pyridine rings is 1. The number of hydrogen-bond donors (Lipinski definition) is 1. The molecule has 0 aromatic carbocycles. The molecule has 0 saturated carbocycles. The molecule has 1 saturated heterocycles. The van der Waals surface area contributed by atoms with Gasteiger partial charge in [0.1, 0.15) is 5.65 Å². The third-order valence-electron chi connectivity index (χ3n) is 3.75. The highest BCUT2D eigenvalue weighted by Crippen LogP contribution is 2.14. The van der Waals surface area contributed by atoms with Gasteiger partial charge in [-0.25, -0.2) is 4.98 Å². The number of nitrogens with one attached hydrogen (secondary N) is 1. The van der Waals surface area contributed by atoms with Crippen LogP contribution >= 0.6 is 0 Å². The van der Waals surface area contributed by atoms with Gasteiger partial charge in [-0.1, -0.05) is 0 Å². The van der Waals surface area contributed by atoms with Crippen LogP contribution in [0.4, 0.5) is 0 Å². The number of likely N-dealkylation sites (tertiary alicyclic amines) is 1. The predicted octanol–water partition coefficient (Wildman–Crippen LogP) is 1.16. The van der Waals surface area contributed by atoms with Gasteiger partial charge in [0.15, 0.2) is 0 Å². The molecule has 1 atom stereocenters. The Kier molecular flexibility index (Phi) is 3.21. The number of aromatic nitrogens is 2. The average molecular weight is 258 g/mol. The molecular weight excluding hydrogens is 240 g/mol. The lowest BCUT2D eigenvalue weighted by atomic mass is 10.1. The summed E-state index contributed by atoms with van der Waals surface area (Å²) in [4.78, 5) is 18.6. The van der Waals surface area contributed by atoms with Crippen molar-refractivity contribution in [1.82, 2.24) is 19.6 Å². The lowest BCUT2D eigenvalue weighted by Gasteiger charge is -2.32. The summed E-state index contributed by atoms with van der Waals surface area (Å²) >= 11 is 0. The van der Waals surface area contributed by atoms with E-state index in [-0.39, 0.29) is 5.91 Å². The van der Waals surface area contributed by atoms with Gasteiger partial charge in [-0.2, -0.15) is 0 Å². The van der Waals surface area contributed by atoms with Gasteiger partial charge in [-0.05, 0) is 32.0 Å². The number of amides is 1. The molecule has 1 unspecified atom stereocenters. The fraction of sp³-hybridized carbons (Fsp3) is 0.429. The van der Waals surface area contributed by atoms with E-state index >= 15 is 0 Å². The smallest absolute Gasteiger partial charge is 0.255 e. The van der Waals surface area contributed by atoms with Crippen molar-refractivity contribution in [1.29, 1.82) is 0 Å². The van der Waals surface area contributed by atoms with Gasteiger partial charge in [-0.3, -0.25) is 4.79 Å². The van der Waals surface area contributed by atoms with Crippen LogP contribution in [0.1, 0.15) is 23.2 Å². The fourth-order valence-corrected chi connectivity index (χ4v) is 2.63. The second-order valence-electron chi connectivity index (χ2n) is 4.99. The molecule has 0 aliphatic carbocycles. The predicted molar refractivity (Wildman–Crippen MR) is 73.2 cm³/mol. The van der Waals surface area contributed by atoms with Crippen molar-refractivity contribution in [2.24, 2.45) is 0 Å². The van der Waals surface area contributed by atoms with Crippen molar-refractivity contribution in [2.45, 2.75) is 18.9 Å². The van der Waals surface area contributed by atoms with Crippen LogP contribution in [0.2, 0.25) is 0 Å². The van der Waals surface area contributed by atoms with E-state index in [1.54, 1.807) is 6.20 Å². The third kappa shape index (κ3) is 2.33. The van der Waals surface area contributed by atoms with Crippen molar-refractivity contribution in [2.75, 3.05) is 20.1 Å². The molecular formula is C14H18N4O. The zero-order valence-electron chi connectivity index (χ0n) is 11.0. The van der Waals surface area contributed by atoms with Gasteiger partial charge in [0.2, 0.25) is 0 Å². The quantitative estimate of drug-likeness (QED) is 0.879. The summed E-state index contributed by atoms with van der Waals surface area (Å²) in [6, 6.07) is 4.15. The van der Waals surface area contributed by atoms with Crippen molar-refractivity contribution in [3.05, 3.63) is 36.3 Å². The second kappa shape index (κ2) is 5.01. The summed E-state index contributed by atoms with van der Waals surface area (Å²) in [5, 5.41) is 3.26. The molecule has 1 fully saturated rings. The molecule has 1 amide bonds. The SMILES string of the molecule is CNC1CCCN(C(=O)c2ccc3nccn3c2)C1. The zero-order chi connectivity index (χ0) is 13.2. The summed E-state index contributed by atoms with van der Waals surface area (Å²) in [5.74, 6) is 0.107. The Morgan fingerprint density at radius 1 is 1.47 bits per heavy atom. The first-order valence-corrected chi connectivity index (χ1v) is 6.67. The van der Waals surface area contributed by atoms with Crippen LogP contribution in [0, 0.1) is 0 Å². The second-order valence-corrected chi connectivity index (χ2v) is 4.99. The highest BCUT2D eigenvalue weighted by Gasteiger charge is 2.23. The summed E-state index contributed by atoms with van der Waals surface area (Å²) in [6.45, 7) is 1.64. The van der Waals surface area contributed by atoms with Crippen LogP contribution < -0.4 is 5.32 Å². The molecule has 5 nitrogen and oxygen atoms in total. The van der Waals surface area contributed by atoms with Crippen LogP contribution in [0.25, 0.3) is 5.65 Å². The summed E-state index contributed by atoms with van der Waals surface area (Å²) < 4.78 is 1.88. The van der Waals surface area contributed by atoms with E-state index in [1.165, 1.54) is 0 Å². The largest absolute Gasteiger partial charge is 0.337 e. The Balaban J connectivity index is 1.82. The molecule has 5 heteroatoms. The molecule has 2 aromatic rings. The minimum absolute atomic E-state index is 0.107. The summed E-state index contributed by atoms with van der Waals surface area (Å²) in [7, 11) is 1.95. The van der Waals surface area contributed by atoms with Crippen molar-refractivity contribution < 1.29 is 4.79 Å². The number of carbonyl (C=O) groups excluding carboxylic acids is 1. The summed E-state index contributed by atoms with van der Waals surface area (Å²) in [5.41, 5.74) is 1.59. The van der Waals surface area contributed by atoms with Gasteiger partial charge < -0.3 is 14.6 Å². The molecule has 3 heterocycles. The topological polar surface area (TPSA) is 49.6 Å². The van der Waals surface area contributed by atoms with E-state index < -0.39 is 0 Å². The van der Waals surface area contributed by atoms with Gasteiger partial charge in [0.05, 0.1) is 5.56 Å². The number of carbonyl (C=O) groups is 1. The van der Waals surface area contributed by atoms with E-state index in [0.29, 0.717) is 6.04 Å². The Morgan fingerprint density at radius 2 is 2.37 bits per heavy atom. The number of piperidine rings is 1. The van der Waals surface area contributed by atoms with Crippen LogP contribution in [-0.4, -0.2) is 46.4 Å². The van der Waals surface area contributed by atoms with E-state index in [2.05, 4.69) is 10.3 Å². The van der Waals surface area contributed by atoms with Gasteiger partial charge >= 0.3 is 0 Å². The highest BCUT2D eigenvalue weighted by atomic mass is 16.2. The maximum absolute atomic E-state index is 12.5. The molecule has 1 aliphatic heterocycles. The fourth-order valence-electron chi connectivity index (χ4n) is 2.63.